The van der Waals surface area contributed by atoms with E-state index in [1.54, 1.807) is 19.4 Å². The molecule has 3 aromatic carbocycles. The largest absolute Gasteiger partial charge is 0.507 e. The first-order chi connectivity index (χ1) is 12.6. The molecule has 134 valence electrons. The summed E-state index contributed by atoms with van der Waals surface area (Å²) in [5, 5.41) is 12.3. The highest BCUT2D eigenvalue weighted by Crippen LogP contribution is 2.26. The van der Waals surface area contributed by atoms with Gasteiger partial charge in [0.25, 0.3) is 0 Å². The van der Waals surface area contributed by atoms with Crippen molar-refractivity contribution in [1.82, 2.24) is 4.90 Å². The van der Waals surface area contributed by atoms with E-state index in [0.717, 1.165) is 27.6 Å². The Labute approximate surface area is 154 Å². The molecule has 26 heavy (non-hydrogen) atoms. The summed E-state index contributed by atoms with van der Waals surface area (Å²) >= 11 is 0. The number of methoxy groups -OCH3 is 1. The predicted octanol–water partition coefficient (Wildman–Crippen LogP) is 4.28. The van der Waals surface area contributed by atoms with Gasteiger partial charge in [-0.15, -0.1) is 0 Å². The van der Waals surface area contributed by atoms with E-state index in [9.17, 15) is 5.11 Å². The number of likely N-dealkylation sites (N-methyl/N-ethyl adjacent to an activating group) is 1. The Kier molecular flexibility index (Phi) is 5.54. The fourth-order valence-corrected chi connectivity index (χ4v) is 3.08. The maximum absolute atomic E-state index is 10.3. The smallest absolute Gasteiger partial charge is 0.124 e. The molecule has 0 fully saturated rings. The highest BCUT2D eigenvalue weighted by Gasteiger charge is 2.14. The fourth-order valence-electron chi connectivity index (χ4n) is 3.08. The number of benzene rings is 3. The summed E-state index contributed by atoms with van der Waals surface area (Å²) in [6.45, 7) is 0.586. The Bertz CT molecular complexity index is 919. The van der Waals surface area contributed by atoms with Gasteiger partial charge in [0.05, 0.1) is 19.7 Å². The number of rotatable bonds is 6. The van der Waals surface area contributed by atoms with Crippen LogP contribution in [0.15, 0.2) is 65.7 Å². The summed E-state index contributed by atoms with van der Waals surface area (Å²) in [6, 6.07) is 19.8. The second kappa shape index (κ2) is 8.02. The molecule has 0 saturated heterocycles. The summed E-state index contributed by atoms with van der Waals surface area (Å²) in [7, 11) is 5.75. The zero-order valence-electron chi connectivity index (χ0n) is 15.4. The number of fused-ring (bicyclic) bond motifs is 1. The molecule has 3 rings (SSSR count). The number of hydrogen-bond donors (Lipinski definition) is 1. The minimum atomic E-state index is 0.124. The van der Waals surface area contributed by atoms with Crippen LogP contribution in [0, 0.1) is 0 Å². The Hall–Kier alpha value is -2.85. The van der Waals surface area contributed by atoms with Gasteiger partial charge in [-0.3, -0.25) is 4.99 Å². The average Bonchev–Trinajstić information content (AvgIpc) is 2.66. The van der Waals surface area contributed by atoms with Gasteiger partial charge in [-0.05, 0) is 48.6 Å². The monoisotopic (exact) mass is 348 g/mol. The number of phenolic OH excluding ortho intramolecular Hbond substituents is 1. The Morgan fingerprint density at radius 1 is 1.08 bits per heavy atom. The van der Waals surface area contributed by atoms with E-state index in [1.165, 1.54) is 0 Å². The molecule has 3 aromatic rings. The Balaban J connectivity index is 1.87. The van der Waals surface area contributed by atoms with E-state index >= 15 is 0 Å². The van der Waals surface area contributed by atoms with E-state index in [0.29, 0.717) is 6.54 Å². The van der Waals surface area contributed by atoms with Crippen LogP contribution in [0.3, 0.4) is 0 Å². The molecule has 4 heteroatoms. The topological polar surface area (TPSA) is 45.1 Å². The highest BCUT2D eigenvalue weighted by molar-refractivity contribution is 6.02. The summed E-state index contributed by atoms with van der Waals surface area (Å²) in [4.78, 5) is 6.77. The number of aliphatic imine (C=N–C) groups is 1. The minimum Gasteiger partial charge on any atom is -0.507 e. The zero-order chi connectivity index (χ0) is 18.5. The first-order valence-electron chi connectivity index (χ1n) is 8.61. The van der Waals surface area contributed by atoms with Crippen molar-refractivity contribution in [1.29, 1.82) is 0 Å². The van der Waals surface area contributed by atoms with Crippen molar-refractivity contribution >= 4 is 17.0 Å². The van der Waals surface area contributed by atoms with Crippen LogP contribution in [0.25, 0.3) is 10.8 Å². The number of hydrogen-bond acceptors (Lipinski definition) is 4. The van der Waals surface area contributed by atoms with Crippen molar-refractivity contribution in [2.45, 2.75) is 6.04 Å². The van der Waals surface area contributed by atoms with E-state index < -0.39 is 0 Å². The Morgan fingerprint density at radius 2 is 1.88 bits per heavy atom. The molecule has 0 saturated carbocycles. The first-order valence-corrected chi connectivity index (χ1v) is 8.61. The third-order valence-corrected chi connectivity index (χ3v) is 4.55. The molecule has 0 aliphatic rings. The summed E-state index contributed by atoms with van der Waals surface area (Å²) in [5.74, 6) is 1.08. The van der Waals surface area contributed by atoms with Gasteiger partial charge < -0.3 is 14.7 Å². The van der Waals surface area contributed by atoms with Crippen LogP contribution in [0.1, 0.15) is 17.2 Å². The maximum Gasteiger partial charge on any atom is 0.124 e. The van der Waals surface area contributed by atoms with Gasteiger partial charge in [-0.1, -0.05) is 42.5 Å². The zero-order valence-corrected chi connectivity index (χ0v) is 15.4. The molecule has 0 bridgehead atoms. The van der Waals surface area contributed by atoms with E-state index in [-0.39, 0.29) is 11.8 Å². The third-order valence-electron chi connectivity index (χ3n) is 4.55. The lowest BCUT2D eigenvalue weighted by molar-refractivity contribution is 0.305. The molecule has 0 spiro atoms. The van der Waals surface area contributed by atoms with Crippen molar-refractivity contribution in [3.05, 3.63) is 71.8 Å². The van der Waals surface area contributed by atoms with Crippen LogP contribution < -0.4 is 4.74 Å². The second-order valence-corrected chi connectivity index (χ2v) is 6.47. The van der Waals surface area contributed by atoms with Crippen LogP contribution in [-0.2, 0) is 0 Å². The van der Waals surface area contributed by atoms with Crippen molar-refractivity contribution in [2.24, 2.45) is 4.99 Å². The normalized spacial score (nSPS) is 12.8. The maximum atomic E-state index is 10.3. The Morgan fingerprint density at radius 3 is 2.65 bits per heavy atom. The quantitative estimate of drug-likeness (QED) is 0.677. The minimum absolute atomic E-state index is 0.124. The summed E-state index contributed by atoms with van der Waals surface area (Å²) < 4.78 is 5.33. The fraction of sp³-hybridized carbons (Fsp3) is 0.227. The predicted molar refractivity (Wildman–Crippen MR) is 107 cm³/mol. The lowest BCUT2D eigenvalue weighted by atomic mass is 10.0. The molecule has 0 amide bonds. The molecule has 0 aliphatic heterocycles. The lowest BCUT2D eigenvalue weighted by Crippen LogP contribution is -2.22. The molecule has 0 aliphatic carbocycles. The van der Waals surface area contributed by atoms with Crippen LogP contribution in [0.4, 0.5) is 0 Å². The average molecular weight is 348 g/mol. The van der Waals surface area contributed by atoms with Gasteiger partial charge in [0.1, 0.15) is 11.5 Å². The van der Waals surface area contributed by atoms with Crippen molar-refractivity contribution < 1.29 is 9.84 Å². The second-order valence-electron chi connectivity index (χ2n) is 6.47. The van der Waals surface area contributed by atoms with Crippen molar-refractivity contribution in [2.75, 3.05) is 27.7 Å². The van der Waals surface area contributed by atoms with Gasteiger partial charge in [0.2, 0.25) is 0 Å². The van der Waals surface area contributed by atoms with Crippen molar-refractivity contribution in [3.63, 3.8) is 0 Å². The van der Waals surface area contributed by atoms with E-state index in [4.69, 9.17) is 4.74 Å². The molecular weight excluding hydrogens is 324 g/mol. The molecule has 0 aromatic heterocycles. The van der Waals surface area contributed by atoms with Crippen LogP contribution in [0.5, 0.6) is 11.5 Å². The van der Waals surface area contributed by atoms with Crippen LogP contribution in [0.2, 0.25) is 0 Å². The van der Waals surface area contributed by atoms with Crippen LogP contribution >= 0.6 is 0 Å². The molecule has 1 atom stereocenters. The van der Waals surface area contributed by atoms with E-state index in [1.807, 2.05) is 62.6 Å². The van der Waals surface area contributed by atoms with Crippen LogP contribution in [-0.4, -0.2) is 44.0 Å². The molecule has 0 heterocycles. The van der Waals surface area contributed by atoms with E-state index in [2.05, 4.69) is 16.0 Å². The summed E-state index contributed by atoms with van der Waals surface area (Å²) in [6.07, 6.45) is 1.77. The lowest BCUT2D eigenvalue weighted by Gasteiger charge is -2.23. The number of ether oxygens (including phenoxy) is 1. The first kappa shape index (κ1) is 18.0. The van der Waals surface area contributed by atoms with Gasteiger partial charge in [-0.2, -0.15) is 0 Å². The van der Waals surface area contributed by atoms with Crippen molar-refractivity contribution in [3.8, 4) is 11.5 Å². The molecule has 4 nitrogen and oxygen atoms in total. The standard InChI is InChI=1S/C22H24N2O2/c1-24(2)21(17-8-6-9-18(13-17)26-3)15-23-14-20-19-10-5-4-7-16(19)11-12-22(20)25/h4-14,21,25H,15H2,1-3H3/t21-/m0/s1. The molecule has 0 radical (unpaired) electrons. The SMILES string of the molecule is COc1cccc([C@H](CN=Cc2c(O)ccc3ccccc23)N(C)C)c1. The molecular formula is C22H24N2O2. The van der Waals surface area contributed by atoms with Gasteiger partial charge >= 0.3 is 0 Å². The van der Waals surface area contributed by atoms with Gasteiger partial charge in [0.15, 0.2) is 0 Å². The number of aromatic hydroxyl groups is 1. The number of nitrogens with zero attached hydrogens (tertiary/aromatic N) is 2. The van der Waals surface area contributed by atoms with Gasteiger partial charge in [-0.25, -0.2) is 0 Å². The number of phenols is 1. The molecule has 1 N–H and O–H groups in total. The van der Waals surface area contributed by atoms with Gasteiger partial charge in [0, 0.05) is 11.8 Å². The highest BCUT2D eigenvalue weighted by atomic mass is 16.5. The summed E-state index contributed by atoms with van der Waals surface area (Å²) in [5.41, 5.74) is 1.90. The molecule has 0 unspecified atom stereocenters. The third kappa shape index (κ3) is 3.86.